The maximum atomic E-state index is 6.01. The summed E-state index contributed by atoms with van der Waals surface area (Å²) in [7, 11) is 3.54. The Hall–Kier alpha value is -0.890. The number of nitrogens with one attached hydrogen (secondary N) is 1. The number of methoxy groups -OCH3 is 1. The lowest BCUT2D eigenvalue weighted by Gasteiger charge is -2.16. The molecule has 1 N–H and O–H groups in total. The van der Waals surface area contributed by atoms with E-state index >= 15 is 0 Å². The second-order valence-electron chi connectivity index (χ2n) is 3.48. The van der Waals surface area contributed by atoms with Crippen molar-refractivity contribution in [3.8, 4) is 5.75 Å². The van der Waals surface area contributed by atoms with E-state index in [1.165, 1.54) is 0 Å². The molecular weight excluding hydrogens is 198 g/mol. The molecule has 0 saturated carbocycles. The minimum atomic E-state index is 0.399. The molecule has 0 fully saturated rings. The predicted octanol–water partition coefficient (Wildman–Crippen LogP) is 3.51. The molecule has 0 radical (unpaired) electrons. The van der Waals surface area contributed by atoms with Crippen LogP contribution in [0.4, 0.5) is 5.69 Å². The zero-order valence-corrected chi connectivity index (χ0v) is 9.77. The van der Waals surface area contributed by atoms with Gasteiger partial charge in [0.25, 0.3) is 0 Å². The molecule has 0 saturated heterocycles. The summed E-state index contributed by atoms with van der Waals surface area (Å²) in [5.41, 5.74) is 2.06. The van der Waals surface area contributed by atoms with E-state index in [0.29, 0.717) is 5.92 Å². The van der Waals surface area contributed by atoms with Crippen molar-refractivity contribution in [3.63, 3.8) is 0 Å². The third-order valence-electron chi connectivity index (χ3n) is 2.18. The first kappa shape index (κ1) is 11.2. The van der Waals surface area contributed by atoms with Crippen molar-refractivity contribution >= 4 is 17.3 Å². The lowest BCUT2D eigenvalue weighted by molar-refractivity contribution is 0.409. The van der Waals surface area contributed by atoms with E-state index in [9.17, 15) is 0 Å². The van der Waals surface area contributed by atoms with Crippen LogP contribution in [0.15, 0.2) is 12.1 Å². The Morgan fingerprint density at radius 1 is 1.36 bits per heavy atom. The molecule has 0 aromatic heterocycles. The quantitative estimate of drug-likeness (QED) is 0.830. The molecule has 1 aromatic rings. The van der Waals surface area contributed by atoms with Gasteiger partial charge in [0.05, 0.1) is 12.8 Å². The number of hydrogen-bond acceptors (Lipinski definition) is 2. The zero-order chi connectivity index (χ0) is 10.7. The second-order valence-corrected chi connectivity index (χ2v) is 3.92. The van der Waals surface area contributed by atoms with Gasteiger partial charge in [-0.3, -0.25) is 0 Å². The summed E-state index contributed by atoms with van der Waals surface area (Å²) < 4.78 is 5.36. The highest BCUT2D eigenvalue weighted by molar-refractivity contribution is 6.31. The summed E-state index contributed by atoms with van der Waals surface area (Å²) in [6.45, 7) is 4.24. The molecule has 2 nitrogen and oxygen atoms in total. The van der Waals surface area contributed by atoms with Gasteiger partial charge in [-0.05, 0) is 18.1 Å². The molecule has 0 heterocycles. The Balaban J connectivity index is 3.31. The van der Waals surface area contributed by atoms with Gasteiger partial charge in [-0.1, -0.05) is 25.4 Å². The SMILES string of the molecule is CNc1cc(Cl)cc(C(C)C)c1OC. The van der Waals surface area contributed by atoms with Gasteiger partial charge in [-0.25, -0.2) is 0 Å². The summed E-state index contributed by atoms with van der Waals surface area (Å²) in [6, 6.07) is 3.82. The Labute approximate surface area is 90.2 Å². The molecule has 14 heavy (non-hydrogen) atoms. The van der Waals surface area contributed by atoms with Gasteiger partial charge >= 0.3 is 0 Å². The number of halogens is 1. The van der Waals surface area contributed by atoms with Crippen LogP contribution in [0.3, 0.4) is 0 Å². The van der Waals surface area contributed by atoms with Crippen LogP contribution in [0.1, 0.15) is 25.3 Å². The summed E-state index contributed by atoms with van der Waals surface area (Å²) in [5.74, 6) is 1.28. The van der Waals surface area contributed by atoms with Crippen LogP contribution >= 0.6 is 11.6 Å². The van der Waals surface area contributed by atoms with Crippen molar-refractivity contribution in [3.05, 3.63) is 22.7 Å². The van der Waals surface area contributed by atoms with Crippen molar-refractivity contribution in [2.45, 2.75) is 19.8 Å². The van der Waals surface area contributed by atoms with E-state index in [4.69, 9.17) is 16.3 Å². The van der Waals surface area contributed by atoms with Gasteiger partial charge < -0.3 is 10.1 Å². The first-order valence-electron chi connectivity index (χ1n) is 4.65. The van der Waals surface area contributed by atoms with Gasteiger partial charge in [0, 0.05) is 17.6 Å². The lowest BCUT2D eigenvalue weighted by Crippen LogP contribution is -1.99. The predicted molar refractivity (Wildman–Crippen MR) is 61.6 cm³/mol. The summed E-state index contributed by atoms with van der Waals surface area (Å²) >= 11 is 6.01. The van der Waals surface area contributed by atoms with E-state index in [2.05, 4.69) is 19.2 Å². The lowest BCUT2D eigenvalue weighted by atomic mass is 10.0. The van der Waals surface area contributed by atoms with Gasteiger partial charge in [0.15, 0.2) is 0 Å². The molecule has 0 aliphatic carbocycles. The van der Waals surface area contributed by atoms with Crippen molar-refractivity contribution < 1.29 is 4.74 Å². The maximum Gasteiger partial charge on any atom is 0.145 e. The maximum absolute atomic E-state index is 6.01. The molecular formula is C11H16ClNO. The number of benzene rings is 1. The molecule has 1 rings (SSSR count). The molecule has 0 spiro atoms. The minimum Gasteiger partial charge on any atom is -0.494 e. The smallest absolute Gasteiger partial charge is 0.145 e. The van der Waals surface area contributed by atoms with Crippen LogP contribution in [0, 0.1) is 0 Å². The summed E-state index contributed by atoms with van der Waals surface area (Å²) in [5, 5.41) is 3.81. The largest absolute Gasteiger partial charge is 0.494 e. The van der Waals surface area contributed by atoms with E-state index in [0.717, 1.165) is 22.0 Å². The highest BCUT2D eigenvalue weighted by Crippen LogP contribution is 2.36. The summed E-state index contributed by atoms with van der Waals surface area (Å²) in [4.78, 5) is 0. The number of anilines is 1. The molecule has 0 aliphatic heterocycles. The Morgan fingerprint density at radius 2 is 2.00 bits per heavy atom. The number of hydrogen-bond donors (Lipinski definition) is 1. The molecule has 3 heteroatoms. The van der Waals surface area contributed by atoms with Crippen LogP contribution in [-0.4, -0.2) is 14.2 Å². The minimum absolute atomic E-state index is 0.399. The van der Waals surface area contributed by atoms with Crippen LogP contribution in [-0.2, 0) is 0 Å². The van der Waals surface area contributed by atoms with Crippen molar-refractivity contribution in [1.82, 2.24) is 0 Å². The topological polar surface area (TPSA) is 21.3 Å². The normalized spacial score (nSPS) is 10.4. The highest BCUT2D eigenvalue weighted by Gasteiger charge is 2.12. The fourth-order valence-electron chi connectivity index (χ4n) is 1.46. The zero-order valence-electron chi connectivity index (χ0n) is 9.02. The number of rotatable bonds is 3. The van der Waals surface area contributed by atoms with Gasteiger partial charge in [0.1, 0.15) is 5.75 Å². The third kappa shape index (κ3) is 2.13. The van der Waals surface area contributed by atoms with Crippen LogP contribution in [0.25, 0.3) is 0 Å². The standard InChI is InChI=1S/C11H16ClNO/c1-7(2)9-5-8(12)6-10(13-3)11(9)14-4/h5-7,13H,1-4H3. The van der Waals surface area contributed by atoms with Crippen LogP contribution in [0.5, 0.6) is 5.75 Å². The monoisotopic (exact) mass is 213 g/mol. The molecule has 78 valence electrons. The van der Waals surface area contributed by atoms with E-state index in [1.54, 1.807) is 7.11 Å². The Kier molecular flexibility index (Phi) is 3.64. The van der Waals surface area contributed by atoms with Gasteiger partial charge in [0.2, 0.25) is 0 Å². The fraction of sp³-hybridized carbons (Fsp3) is 0.455. The van der Waals surface area contributed by atoms with Gasteiger partial charge in [-0.15, -0.1) is 0 Å². The van der Waals surface area contributed by atoms with Crippen LogP contribution in [0.2, 0.25) is 5.02 Å². The average molecular weight is 214 g/mol. The van der Waals surface area contributed by atoms with E-state index in [-0.39, 0.29) is 0 Å². The fourth-order valence-corrected chi connectivity index (χ4v) is 1.68. The Morgan fingerprint density at radius 3 is 2.43 bits per heavy atom. The average Bonchev–Trinajstić information content (AvgIpc) is 2.16. The van der Waals surface area contributed by atoms with Crippen LogP contribution < -0.4 is 10.1 Å². The highest BCUT2D eigenvalue weighted by atomic mass is 35.5. The van der Waals surface area contributed by atoms with Crippen molar-refractivity contribution in [2.75, 3.05) is 19.5 Å². The first-order valence-corrected chi connectivity index (χ1v) is 5.03. The molecule has 0 atom stereocenters. The molecule has 0 unspecified atom stereocenters. The Bertz CT molecular complexity index is 323. The van der Waals surface area contributed by atoms with E-state index in [1.807, 2.05) is 19.2 Å². The third-order valence-corrected chi connectivity index (χ3v) is 2.40. The molecule has 0 amide bonds. The number of ether oxygens (including phenoxy) is 1. The van der Waals surface area contributed by atoms with Gasteiger partial charge in [-0.2, -0.15) is 0 Å². The summed E-state index contributed by atoms with van der Waals surface area (Å²) in [6.07, 6.45) is 0. The van der Waals surface area contributed by atoms with Crippen molar-refractivity contribution in [1.29, 1.82) is 0 Å². The molecule has 0 aliphatic rings. The van der Waals surface area contributed by atoms with Crippen molar-refractivity contribution in [2.24, 2.45) is 0 Å². The van der Waals surface area contributed by atoms with E-state index < -0.39 is 0 Å². The first-order chi connectivity index (χ1) is 6.60. The molecule has 1 aromatic carbocycles. The molecule has 0 bridgehead atoms. The second kappa shape index (κ2) is 4.56.